The van der Waals surface area contributed by atoms with Gasteiger partial charge in [0.25, 0.3) is 0 Å². The van der Waals surface area contributed by atoms with Gasteiger partial charge in [0.15, 0.2) is 0 Å². The van der Waals surface area contributed by atoms with Crippen LogP contribution in [0.4, 0.5) is 0 Å². The Morgan fingerprint density at radius 3 is 2.42 bits per heavy atom. The first kappa shape index (κ1) is 15.2. The van der Waals surface area contributed by atoms with Crippen molar-refractivity contribution in [3.8, 4) is 0 Å². The fraction of sp³-hybridized carbons (Fsp3) is 0.429. The van der Waals surface area contributed by atoms with Crippen LogP contribution in [0.2, 0.25) is 0 Å². The van der Waals surface area contributed by atoms with Crippen molar-refractivity contribution >= 4 is 11.9 Å². The maximum absolute atomic E-state index is 11.7. The fourth-order valence-corrected chi connectivity index (χ4v) is 1.64. The van der Waals surface area contributed by atoms with E-state index in [1.165, 1.54) is 0 Å². The number of carboxylic acids is 1. The number of carbonyl (C=O) groups excluding carboxylic acids is 1. The third-order valence-corrected chi connectivity index (χ3v) is 2.70. The van der Waals surface area contributed by atoms with Crippen molar-refractivity contribution in [3.05, 3.63) is 35.9 Å². The molecule has 1 aromatic carbocycles. The molecule has 5 heteroatoms. The quantitative estimate of drug-likeness (QED) is 0.762. The topological polar surface area (TPSA) is 69.6 Å². The molecule has 1 amide bonds. The van der Waals surface area contributed by atoms with Crippen molar-refractivity contribution in [2.24, 2.45) is 0 Å². The van der Waals surface area contributed by atoms with E-state index in [1.54, 1.807) is 0 Å². The van der Waals surface area contributed by atoms with Gasteiger partial charge in [-0.1, -0.05) is 30.3 Å². The number of amides is 1. The molecule has 1 rings (SSSR count). The fourth-order valence-electron chi connectivity index (χ4n) is 1.64. The highest BCUT2D eigenvalue weighted by atomic mass is 16.4. The van der Waals surface area contributed by atoms with E-state index in [0.29, 0.717) is 19.4 Å². The van der Waals surface area contributed by atoms with Crippen molar-refractivity contribution in [1.82, 2.24) is 10.2 Å². The van der Waals surface area contributed by atoms with E-state index in [9.17, 15) is 9.59 Å². The molecule has 0 unspecified atom stereocenters. The van der Waals surface area contributed by atoms with Crippen LogP contribution in [-0.4, -0.2) is 48.6 Å². The minimum atomic E-state index is -1.01. The molecule has 0 fully saturated rings. The summed E-state index contributed by atoms with van der Waals surface area (Å²) in [5, 5.41) is 11.7. The van der Waals surface area contributed by atoms with Gasteiger partial charge in [-0.2, -0.15) is 0 Å². The lowest BCUT2D eigenvalue weighted by atomic mass is 10.1. The van der Waals surface area contributed by atoms with Gasteiger partial charge in [-0.15, -0.1) is 0 Å². The van der Waals surface area contributed by atoms with E-state index in [4.69, 9.17) is 5.11 Å². The molecule has 0 aliphatic rings. The molecule has 0 aromatic heterocycles. The normalized spacial score (nSPS) is 12.2. The number of hydrogen-bond acceptors (Lipinski definition) is 3. The Hall–Kier alpha value is -1.88. The molecule has 2 N–H and O–H groups in total. The van der Waals surface area contributed by atoms with Gasteiger partial charge < -0.3 is 15.3 Å². The summed E-state index contributed by atoms with van der Waals surface area (Å²) in [6.45, 7) is 0.601. The molecular formula is C14H20N2O3. The Labute approximate surface area is 113 Å². The van der Waals surface area contributed by atoms with Crippen LogP contribution >= 0.6 is 0 Å². The van der Waals surface area contributed by atoms with Gasteiger partial charge in [0.05, 0.1) is 0 Å². The number of rotatable bonds is 7. The second kappa shape index (κ2) is 7.53. The van der Waals surface area contributed by atoms with Crippen LogP contribution in [0.3, 0.4) is 0 Å². The summed E-state index contributed by atoms with van der Waals surface area (Å²) in [6, 6.07) is 8.39. The maximum Gasteiger partial charge on any atom is 0.326 e. The summed E-state index contributed by atoms with van der Waals surface area (Å²) in [7, 11) is 3.73. The standard InChI is InChI=1S/C14H20N2O3/c1-16(2)9-8-13(17)15-12(14(18)19)10-11-6-4-3-5-7-11/h3-7,12H,8-10H2,1-2H3,(H,15,17)(H,18,19)/t12-/m1/s1. The molecule has 0 saturated heterocycles. The van der Waals surface area contributed by atoms with Crippen LogP contribution in [0.1, 0.15) is 12.0 Å². The number of aliphatic carboxylic acids is 1. The highest BCUT2D eigenvalue weighted by Crippen LogP contribution is 2.03. The van der Waals surface area contributed by atoms with E-state index in [2.05, 4.69) is 5.32 Å². The molecule has 0 aliphatic carbocycles. The average Bonchev–Trinajstić information content (AvgIpc) is 2.36. The first-order valence-electron chi connectivity index (χ1n) is 6.20. The monoisotopic (exact) mass is 264 g/mol. The Bertz CT molecular complexity index is 418. The van der Waals surface area contributed by atoms with Gasteiger partial charge in [-0.3, -0.25) is 4.79 Å². The highest BCUT2D eigenvalue weighted by Gasteiger charge is 2.20. The maximum atomic E-state index is 11.7. The van der Waals surface area contributed by atoms with Crippen LogP contribution in [-0.2, 0) is 16.0 Å². The smallest absolute Gasteiger partial charge is 0.326 e. The molecule has 0 radical (unpaired) electrons. The van der Waals surface area contributed by atoms with Gasteiger partial charge in [-0.05, 0) is 19.7 Å². The summed E-state index contributed by atoms with van der Waals surface area (Å²) in [5.41, 5.74) is 0.891. The molecule has 19 heavy (non-hydrogen) atoms. The molecule has 5 nitrogen and oxygen atoms in total. The molecular weight excluding hydrogens is 244 g/mol. The summed E-state index contributed by atoms with van der Waals surface area (Å²) < 4.78 is 0. The predicted octanol–water partition coefficient (Wildman–Crippen LogP) is 0.750. The summed E-state index contributed by atoms with van der Waals surface area (Å²) in [6.07, 6.45) is 0.593. The number of carbonyl (C=O) groups is 2. The average molecular weight is 264 g/mol. The number of hydrogen-bond donors (Lipinski definition) is 2. The molecule has 1 atom stereocenters. The van der Waals surface area contributed by atoms with Gasteiger partial charge in [0.1, 0.15) is 6.04 Å². The van der Waals surface area contributed by atoms with E-state index < -0.39 is 12.0 Å². The Balaban J connectivity index is 2.54. The minimum Gasteiger partial charge on any atom is -0.480 e. The lowest BCUT2D eigenvalue weighted by Gasteiger charge is -2.15. The van der Waals surface area contributed by atoms with Crippen molar-refractivity contribution in [2.45, 2.75) is 18.9 Å². The third kappa shape index (κ3) is 6.01. The lowest BCUT2D eigenvalue weighted by molar-refractivity contribution is -0.141. The van der Waals surface area contributed by atoms with E-state index in [0.717, 1.165) is 5.56 Å². The van der Waals surface area contributed by atoms with Crippen LogP contribution in [0.25, 0.3) is 0 Å². The molecule has 0 spiro atoms. The van der Waals surface area contributed by atoms with Gasteiger partial charge in [0.2, 0.25) is 5.91 Å². The highest BCUT2D eigenvalue weighted by molar-refractivity contribution is 5.83. The molecule has 0 aliphatic heterocycles. The first-order chi connectivity index (χ1) is 8.99. The van der Waals surface area contributed by atoms with Crippen LogP contribution in [0.5, 0.6) is 0 Å². The molecule has 0 bridgehead atoms. The van der Waals surface area contributed by atoms with E-state index in [-0.39, 0.29) is 5.91 Å². The van der Waals surface area contributed by atoms with Crippen molar-refractivity contribution in [3.63, 3.8) is 0 Å². The number of benzene rings is 1. The molecule has 1 aromatic rings. The van der Waals surface area contributed by atoms with E-state index >= 15 is 0 Å². The zero-order valence-electron chi connectivity index (χ0n) is 11.3. The second-order valence-corrected chi connectivity index (χ2v) is 4.70. The van der Waals surface area contributed by atoms with Crippen LogP contribution in [0.15, 0.2) is 30.3 Å². The van der Waals surface area contributed by atoms with Crippen LogP contribution in [0, 0.1) is 0 Å². The third-order valence-electron chi connectivity index (χ3n) is 2.70. The number of nitrogens with one attached hydrogen (secondary N) is 1. The number of carboxylic acid groups (broad SMARTS) is 1. The van der Waals surface area contributed by atoms with Gasteiger partial charge in [-0.25, -0.2) is 4.79 Å². The van der Waals surface area contributed by atoms with Crippen LogP contribution < -0.4 is 5.32 Å². The lowest BCUT2D eigenvalue weighted by Crippen LogP contribution is -2.43. The largest absolute Gasteiger partial charge is 0.480 e. The summed E-state index contributed by atoms with van der Waals surface area (Å²) in [5.74, 6) is -1.25. The Morgan fingerprint density at radius 2 is 1.89 bits per heavy atom. The zero-order valence-corrected chi connectivity index (χ0v) is 11.3. The predicted molar refractivity (Wildman–Crippen MR) is 72.9 cm³/mol. The van der Waals surface area contributed by atoms with Gasteiger partial charge >= 0.3 is 5.97 Å². The summed E-state index contributed by atoms with van der Waals surface area (Å²) in [4.78, 5) is 24.7. The van der Waals surface area contributed by atoms with Crippen molar-refractivity contribution in [1.29, 1.82) is 0 Å². The molecule has 0 heterocycles. The summed E-state index contributed by atoms with van der Waals surface area (Å²) >= 11 is 0. The minimum absolute atomic E-state index is 0.239. The zero-order chi connectivity index (χ0) is 14.3. The van der Waals surface area contributed by atoms with Crippen molar-refractivity contribution in [2.75, 3.05) is 20.6 Å². The molecule has 0 saturated carbocycles. The second-order valence-electron chi connectivity index (χ2n) is 4.70. The van der Waals surface area contributed by atoms with E-state index in [1.807, 2.05) is 49.3 Å². The Morgan fingerprint density at radius 1 is 1.26 bits per heavy atom. The Kier molecular flexibility index (Phi) is 6.02. The number of nitrogens with zero attached hydrogens (tertiary/aromatic N) is 1. The molecule has 104 valence electrons. The SMILES string of the molecule is CN(C)CCC(=O)N[C@H](Cc1ccccc1)C(=O)O. The van der Waals surface area contributed by atoms with Gasteiger partial charge in [0, 0.05) is 19.4 Å². The van der Waals surface area contributed by atoms with Crippen molar-refractivity contribution < 1.29 is 14.7 Å². The first-order valence-corrected chi connectivity index (χ1v) is 6.20.